The summed E-state index contributed by atoms with van der Waals surface area (Å²) in [5.74, 6) is -0.139. The van der Waals surface area contributed by atoms with Gasteiger partial charge in [0.1, 0.15) is 5.82 Å². The third kappa shape index (κ3) is 3.70. The molecule has 1 aromatic carbocycles. The van der Waals surface area contributed by atoms with Gasteiger partial charge in [-0.25, -0.2) is 4.39 Å². The van der Waals surface area contributed by atoms with Gasteiger partial charge in [-0.15, -0.1) is 0 Å². The average molecular weight is 280 g/mol. The third-order valence-electron chi connectivity index (χ3n) is 3.78. The van der Waals surface area contributed by atoms with Crippen LogP contribution >= 0.6 is 0 Å². The SMILES string of the molecule is CCNCc1cccc(F)c1N(CC)CC1CCCO1. The van der Waals surface area contributed by atoms with Gasteiger partial charge in [-0.05, 0) is 37.9 Å². The fraction of sp³-hybridized carbons (Fsp3) is 0.625. The lowest BCUT2D eigenvalue weighted by Crippen LogP contribution is -2.33. The molecule has 1 aliphatic rings. The summed E-state index contributed by atoms with van der Waals surface area (Å²) in [6.45, 7) is 8.11. The fourth-order valence-corrected chi connectivity index (χ4v) is 2.73. The van der Waals surface area contributed by atoms with Crippen molar-refractivity contribution in [1.82, 2.24) is 5.32 Å². The van der Waals surface area contributed by atoms with Gasteiger partial charge in [0.25, 0.3) is 0 Å². The van der Waals surface area contributed by atoms with Gasteiger partial charge >= 0.3 is 0 Å². The van der Waals surface area contributed by atoms with E-state index in [1.807, 2.05) is 6.07 Å². The van der Waals surface area contributed by atoms with Crippen molar-refractivity contribution in [2.24, 2.45) is 0 Å². The standard InChI is InChI=1S/C16H25FN2O/c1-3-18-11-13-7-5-9-15(17)16(13)19(4-2)12-14-8-6-10-20-14/h5,7,9,14,18H,3-4,6,8,10-12H2,1-2H3. The summed E-state index contributed by atoms with van der Waals surface area (Å²) in [6.07, 6.45) is 2.43. The Kier molecular flexibility index (Phi) is 5.80. The number of hydrogen-bond acceptors (Lipinski definition) is 3. The smallest absolute Gasteiger partial charge is 0.146 e. The van der Waals surface area contributed by atoms with Gasteiger partial charge < -0.3 is 15.0 Å². The maximum Gasteiger partial charge on any atom is 0.146 e. The van der Waals surface area contributed by atoms with E-state index >= 15 is 0 Å². The lowest BCUT2D eigenvalue weighted by Gasteiger charge is -2.28. The van der Waals surface area contributed by atoms with Crippen molar-refractivity contribution in [2.45, 2.75) is 39.3 Å². The van der Waals surface area contributed by atoms with Crippen LogP contribution in [0.15, 0.2) is 18.2 Å². The Hall–Kier alpha value is -1.13. The molecular weight excluding hydrogens is 255 g/mol. The van der Waals surface area contributed by atoms with Gasteiger partial charge in [0.05, 0.1) is 11.8 Å². The van der Waals surface area contributed by atoms with Crippen molar-refractivity contribution >= 4 is 5.69 Å². The summed E-state index contributed by atoms with van der Waals surface area (Å²) < 4.78 is 20.0. The highest BCUT2D eigenvalue weighted by Gasteiger charge is 2.22. The molecule has 1 unspecified atom stereocenters. The van der Waals surface area contributed by atoms with E-state index in [1.165, 1.54) is 0 Å². The first-order valence-electron chi connectivity index (χ1n) is 7.60. The molecule has 0 aromatic heterocycles. The van der Waals surface area contributed by atoms with E-state index in [0.29, 0.717) is 6.54 Å². The number of likely N-dealkylation sites (N-methyl/N-ethyl adjacent to an activating group) is 1. The summed E-state index contributed by atoms with van der Waals surface area (Å²) >= 11 is 0. The van der Waals surface area contributed by atoms with Crippen molar-refractivity contribution in [3.63, 3.8) is 0 Å². The van der Waals surface area contributed by atoms with Crippen LogP contribution in [-0.2, 0) is 11.3 Å². The first-order chi connectivity index (χ1) is 9.76. The molecule has 1 aliphatic heterocycles. The van der Waals surface area contributed by atoms with Gasteiger partial charge in [0, 0.05) is 26.2 Å². The monoisotopic (exact) mass is 280 g/mol. The zero-order chi connectivity index (χ0) is 14.4. The zero-order valence-corrected chi connectivity index (χ0v) is 12.5. The summed E-state index contributed by atoms with van der Waals surface area (Å²) in [7, 11) is 0. The minimum absolute atomic E-state index is 0.139. The van der Waals surface area contributed by atoms with E-state index in [2.05, 4.69) is 24.1 Å². The van der Waals surface area contributed by atoms with Crippen LogP contribution in [0.5, 0.6) is 0 Å². The highest BCUT2D eigenvalue weighted by molar-refractivity contribution is 5.55. The second-order valence-corrected chi connectivity index (χ2v) is 5.20. The van der Waals surface area contributed by atoms with E-state index in [0.717, 1.165) is 50.3 Å². The molecule has 1 heterocycles. The Morgan fingerprint density at radius 3 is 2.90 bits per heavy atom. The maximum atomic E-state index is 14.3. The van der Waals surface area contributed by atoms with Crippen molar-refractivity contribution in [3.05, 3.63) is 29.6 Å². The summed E-state index contributed by atoms with van der Waals surface area (Å²) in [5.41, 5.74) is 1.75. The molecule has 1 saturated heterocycles. The normalized spacial score (nSPS) is 18.4. The number of para-hydroxylation sites is 1. The zero-order valence-electron chi connectivity index (χ0n) is 12.5. The topological polar surface area (TPSA) is 24.5 Å². The molecule has 0 amide bonds. The summed E-state index contributed by atoms with van der Waals surface area (Å²) in [5, 5.41) is 3.28. The van der Waals surface area contributed by atoms with Crippen LogP contribution in [0.25, 0.3) is 0 Å². The second-order valence-electron chi connectivity index (χ2n) is 5.20. The molecule has 4 heteroatoms. The Bertz CT molecular complexity index is 419. The molecule has 0 spiro atoms. The first-order valence-corrected chi connectivity index (χ1v) is 7.60. The van der Waals surface area contributed by atoms with Crippen LogP contribution in [0, 0.1) is 5.82 Å². The van der Waals surface area contributed by atoms with Gasteiger partial charge in [0.2, 0.25) is 0 Å². The average Bonchev–Trinajstić information content (AvgIpc) is 2.96. The Morgan fingerprint density at radius 1 is 1.40 bits per heavy atom. The van der Waals surface area contributed by atoms with E-state index in [-0.39, 0.29) is 11.9 Å². The quantitative estimate of drug-likeness (QED) is 0.831. The van der Waals surface area contributed by atoms with Crippen LogP contribution < -0.4 is 10.2 Å². The number of rotatable bonds is 7. The van der Waals surface area contributed by atoms with E-state index in [4.69, 9.17) is 4.74 Å². The number of anilines is 1. The number of halogens is 1. The number of nitrogens with zero attached hydrogens (tertiary/aromatic N) is 1. The van der Waals surface area contributed by atoms with E-state index in [9.17, 15) is 4.39 Å². The molecule has 2 rings (SSSR count). The Balaban J connectivity index is 2.17. The van der Waals surface area contributed by atoms with E-state index in [1.54, 1.807) is 12.1 Å². The number of benzene rings is 1. The molecule has 0 saturated carbocycles. The number of nitrogens with one attached hydrogen (secondary N) is 1. The fourth-order valence-electron chi connectivity index (χ4n) is 2.73. The number of hydrogen-bond donors (Lipinski definition) is 1. The van der Waals surface area contributed by atoms with Gasteiger partial charge in [-0.2, -0.15) is 0 Å². The molecule has 20 heavy (non-hydrogen) atoms. The molecule has 1 aromatic rings. The lowest BCUT2D eigenvalue weighted by molar-refractivity contribution is 0.115. The highest BCUT2D eigenvalue weighted by Crippen LogP contribution is 2.26. The maximum absolute atomic E-state index is 14.3. The predicted octanol–water partition coefficient (Wildman–Crippen LogP) is 2.94. The van der Waals surface area contributed by atoms with Crippen molar-refractivity contribution in [1.29, 1.82) is 0 Å². The minimum atomic E-state index is -0.139. The van der Waals surface area contributed by atoms with Gasteiger partial charge in [-0.3, -0.25) is 0 Å². The van der Waals surface area contributed by atoms with Gasteiger partial charge in [0.15, 0.2) is 0 Å². The van der Waals surface area contributed by atoms with Crippen molar-refractivity contribution in [3.8, 4) is 0 Å². The molecule has 0 aliphatic carbocycles. The van der Waals surface area contributed by atoms with Crippen LogP contribution in [0.4, 0.5) is 10.1 Å². The molecule has 1 atom stereocenters. The summed E-state index contributed by atoms with van der Waals surface area (Å²) in [4.78, 5) is 2.11. The van der Waals surface area contributed by atoms with Crippen LogP contribution in [0.2, 0.25) is 0 Å². The van der Waals surface area contributed by atoms with Crippen molar-refractivity contribution < 1.29 is 9.13 Å². The lowest BCUT2D eigenvalue weighted by atomic mass is 10.1. The highest BCUT2D eigenvalue weighted by atomic mass is 19.1. The second kappa shape index (κ2) is 7.60. The van der Waals surface area contributed by atoms with Crippen LogP contribution in [-0.4, -0.2) is 32.3 Å². The Labute approximate surface area is 121 Å². The summed E-state index contributed by atoms with van der Waals surface area (Å²) in [6, 6.07) is 5.33. The molecule has 1 fully saturated rings. The molecule has 0 bridgehead atoms. The van der Waals surface area contributed by atoms with Crippen LogP contribution in [0.3, 0.4) is 0 Å². The van der Waals surface area contributed by atoms with Crippen molar-refractivity contribution in [2.75, 3.05) is 31.1 Å². The molecule has 1 N–H and O–H groups in total. The predicted molar refractivity (Wildman–Crippen MR) is 80.6 cm³/mol. The molecule has 112 valence electrons. The Morgan fingerprint density at radius 2 is 2.25 bits per heavy atom. The third-order valence-corrected chi connectivity index (χ3v) is 3.78. The minimum Gasteiger partial charge on any atom is -0.376 e. The molecule has 0 radical (unpaired) electrons. The largest absolute Gasteiger partial charge is 0.376 e. The van der Waals surface area contributed by atoms with E-state index < -0.39 is 0 Å². The molecule has 3 nitrogen and oxygen atoms in total. The molecular formula is C16H25FN2O. The number of ether oxygens (including phenoxy) is 1. The van der Waals surface area contributed by atoms with Crippen LogP contribution in [0.1, 0.15) is 32.3 Å². The van der Waals surface area contributed by atoms with Gasteiger partial charge in [-0.1, -0.05) is 19.1 Å². The first kappa shape index (κ1) is 15.3.